The van der Waals surface area contributed by atoms with Crippen molar-refractivity contribution in [2.75, 3.05) is 5.32 Å². The van der Waals surface area contributed by atoms with Gasteiger partial charge < -0.3 is 5.32 Å². The van der Waals surface area contributed by atoms with Crippen molar-refractivity contribution in [1.29, 1.82) is 0 Å². The zero-order valence-electron chi connectivity index (χ0n) is 8.25. The number of aromatic amines is 2. The maximum Gasteiger partial charge on any atom is 0.341 e. The summed E-state index contributed by atoms with van der Waals surface area (Å²) in [6.45, 7) is 0. The first-order valence-electron chi connectivity index (χ1n) is 4.47. The number of nitrogens with one attached hydrogen (secondary N) is 3. The van der Waals surface area contributed by atoms with Gasteiger partial charge in [-0.3, -0.25) is 9.78 Å². The lowest BCUT2D eigenvalue weighted by molar-refractivity contribution is 0.101. The summed E-state index contributed by atoms with van der Waals surface area (Å²) >= 11 is 0. The second-order valence-corrected chi connectivity index (χ2v) is 3.11. The number of anilines is 1. The molecule has 0 bridgehead atoms. The van der Waals surface area contributed by atoms with Gasteiger partial charge >= 0.3 is 5.69 Å². The summed E-state index contributed by atoms with van der Waals surface area (Å²) < 4.78 is 25.4. The standard InChI is InChI=1S/C9H6F2N4O2/c10-5-2-1-4(3-6(5)11)12-8(16)7-13-9(17)15-14-7/h1-3H,(H,12,16)(H2,13,14,15,17). The van der Waals surface area contributed by atoms with Gasteiger partial charge in [0.25, 0.3) is 5.91 Å². The topological polar surface area (TPSA) is 90.6 Å². The first-order valence-corrected chi connectivity index (χ1v) is 4.47. The molecule has 17 heavy (non-hydrogen) atoms. The van der Waals surface area contributed by atoms with Crippen LogP contribution in [0.2, 0.25) is 0 Å². The van der Waals surface area contributed by atoms with Crippen molar-refractivity contribution < 1.29 is 13.6 Å². The molecule has 2 rings (SSSR count). The normalized spacial score (nSPS) is 10.2. The Morgan fingerprint density at radius 1 is 1.29 bits per heavy atom. The lowest BCUT2D eigenvalue weighted by Gasteiger charge is -2.02. The van der Waals surface area contributed by atoms with Crippen LogP contribution in [-0.2, 0) is 0 Å². The zero-order chi connectivity index (χ0) is 12.4. The van der Waals surface area contributed by atoms with E-state index < -0.39 is 23.2 Å². The second kappa shape index (κ2) is 4.16. The molecule has 6 nitrogen and oxygen atoms in total. The number of halogens is 2. The third kappa shape index (κ3) is 2.36. The van der Waals surface area contributed by atoms with E-state index in [4.69, 9.17) is 0 Å². The summed E-state index contributed by atoms with van der Waals surface area (Å²) in [4.78, 5) is 24.2. The minimum atomic E-state index is -1.08. The molecule has 0 saturated heterocycles. The minimum absolute atomic E-state index is 0.0535. The van der Waals surface area contributed by atoms with E-state index in [0.717, 1.165) is 12.1 Å². The van der Waals surface area contributed by atoms with Crippen LogP contribution in [0.15, 0.2) is 23.0 Å². The molecule has 1 aromatic heterocycles. The van der Waals surface area contributed by atoms with Crippen LogP contribution in [0.25, 0.3) is 0 Å². The van der Waals surface area contributed by atoms with Crippen molar-refractivity contribution in [2.24, 2.45) is 0 Å². The number of carbonyl (C=O) groups is 1. The number of carbonyl (C=O) groups excluding carboxylic acids is 1. The van der Waals surface area contributed by atoms with Crippen molar-refractivity contribution in [3.63, 3.8) is 0 Å². The highest BCUT2D eigenvalue weighted by molar-refractivity contribution is 6.01. The zero-order valence-corrected chi connectivity index (χ0v) is 8.25. The third-order valence-corrected chi connectivity index (χ3v) is 1.89. The van der Waals surface area contributed by atoms with E-state index in [-0.39, 0.29) is 11.5 Å². The second-order valence-electron chi connectivity index (χ2n) is 3.11. The van der Waals surface area contributed by atoms with Crippen LogP contribution in [0.1, 0.15) is 10.6 Å². The first kappa shape index (κ1) is 11.0. The van der Waals surface area contributed by atoms with E-state index in [2.05, 4.69) is 15.4 Å². The van der Waals surface area contributed by atoms with Gasteiger partial charge in [-0.1, -0.05) is 0 Å². The summed E-state index contributed by atoms with van der Waals surface area (Å²) in [6, 6.07) is 2.87. The molecule has 88 valence electrons. The fourth-order valence-corrected chi connectivity index (χ4v) is 1.14. The molecule has 3 N–H and O–H groups in total. The summed E-state index contributed by atoms with van der Waals surface area (Å²) in [7, 11) is 0. The van der Waals surface area contributed by atoms with E-state index in [1.807, 2.05) is 5.10 Å². The highest BCUT2D eigenvalue weighted by atomic mass is 19.2. The van der Waals surface area contributed by atoms with Crippen LogP contribution in [-0.4, -0.2) is 21.1 Å². The molecule has 0 aliphatic heterocycles. The van der Waals surface area contributed by atoms with Crippen LogP contribution < -0.4 is 11.0 Å². The Morgan fingerprint density at radius 3 is 2.65 bits per heavy atom. The lowest BCUT2D eigenvalue weighted by Crippen LogP contribution is -2.15. The maximum absolute atomic E-state index is 12.8. The van der Waals surface area contributed by atoms with E-state index in [1.165, 1.54) is 6.07 Å². The minimum Gasteiger partial charge on any atom is -0.319 e. The average molecular weight is 240 g/mol. The van der Waals surface area contributed by atoms with Gasteiger partial charge in [0.15, 0.2) is 11.6 Å². The van der Waals surface area contributed by atoms with E-state index in [1.54, 1.807) is 0 Å². The van der Waals surface area contributed by atoms with Gasteiger partial charge in [0, 0.05) is 11.8 Å². The molecule has 0 aliphatic rings. The molecule has 0 spiro atoms. The molecule has 8 heteroatoms. The fraction of sp³-hybridized carbons (Fsp3) is 0. The van der Waals surface area contributed by atoms with Gasteiger partial charge in [0.05, 0.1) is 0 Å². The monoisotopic (exact) mass is 240 g/mol. The van der Waals surface area contributed by atoms with Crippen molar-refractivity contribution in [3.05, 3.63) is 46.1 Å². The van der Waals surface area contributed by atoms with E-state index >= 15 is 0 Å². The number of rotatable bonds is 2. The van der Waals surface area contributed by atoms with Gasteiger partial charge in [-0.2, -0.15) is 0 Å². The Hall–Kier alpha value is -2.51. The van der Waals surface area contributed by atoms with Crippen molar-refractivity contribution in [3.8, 4) is 0 Å². The van der Waals surface area contributed by atoms with Gasteiger partial charge in [-0.15, -0.1) is 5.10 Å². The molecule has 1 amide bonds. The Morgan fingerprint density at radius 2 is 2.06 bits per heavy atom. The van der Waals surface area contributed by atoms with Gasteiger partial charge in [-0.25, -0.2) is 18.7 Å². The van der Waals surface area contributed by atoms with Crippen LogP contribution in [0, 0.1) is 11.6 Å². The predicted octanol–water partition coefficient (Wildman–Crippen LogP) is 0.629. The summed E-state index contributed by atoms with van der Waals surface area (Å²) in [5, 5.41) is 7.62. The summed E-state index contributed by atoms with van der Waals surface area (Å²) in [5.41, 5.74) is -0.585. The molecule has 0 radical (unpaired) electrons. The number of amides is 1. The molecular formula is C9H6F2N4O2. The molecule has 2 aromatic rings. The molecule has 1 heterocycles. The fourth-order valence-electron chi connectivity index (χ4n) is 1.14. The Balaban J connectivity index is 2.18. The van der Waals surface area contributed by atoms with Crippen LogP contribution in [0.3, 0.4) is 0 Å². The molecule has 0 fully saturated rings. The summed E-state index contributed by atoms with van der Waals surface area (Å²) in [6.07, 6.45) is 0. The highest BCUT2D eigenvalue weighted by Crippen LogP contribution is 2.13. The SMILES string of the molecule is O=C(Nc1ccc(F)c(F)c1)c1n[nH]c(=O)[nH]1. The molecule has 0 saturated carbocycles. The van der Waals surface area contributed by atoms with Crippen molar-refractivity contribution in [2.45, 2.75) is 0 Å². The van der Waals surface area contributed by atoms with Crippen LogP contribution in [0.4, 0.5) is 14.5 Å². The van der Waals surface area contributed by atoms with Crippen LogP contribution >= 0.6 is 0 Å². The number of benzene rings is 1. The lowest BCUT2D eigenvalue weighted by atomic mass is 10.3. The predicted molar refractivity (Wildman–Crippen MR) is 53.5 cm³/mol. The number of hydrogen-bond acceptors (Lipinski definition) is 3. The molecule has 0 aliphatic carbocycles. The smallest absolute Gasteiger partial charge is 0.319 e. The Bertz CT molecular complexity index is 619. The van der Waals surface area contributed by atoms with Gasteiger partial charge in [0.1, 0.15) is 0 Å². The molecule has 0 unspecified atom stereocenters. The third-order valence-electron chi connectivity index (χ3n) is 1.89. The van der Waals surface area contributed by atoms with Crippen molar-refractivity contribution in [1.82, 2.24) is 15.2 Å². The average Bonchev–Trinajstić information content (AvgIpc) is 2.70. The first-order chi connectivity index (χ1) is 8.06. The Kier molecular flexibility index (Phi) is 2.69. The summed E-state index contributed by atoms with van der Waals surface area (Å²) in [5.74, 6) is -3.09. The number of hydrogen-bond donors (Lipinski definition) is 3. The molecule has 0 atom stereocenters. The highest BCUT2D eigenvalue weighted by Gasteiger charge is 2.11. The number of nitrogens with zero attached hydrogens (tertiary/aromatic N) is 1. The quantitative estimate of drug-likeness (QED) is 0.719. The number of H-pyrrole nitrogens is 2. The molecular weight excluding hydrogens is 234 g/mol. The van der Waals surface area contributed by atoms with E-state index in [0.29, 0.717) is 0 Å². The largest absolute Gasteiger partial charge is 0.341 e. The Labute approximate surface area is 92.7 Å². The van der Waals surface area contributed by atoms with Crippen molar-refractivity contribution >= 4 is 11.6 Å². The van der Waals surface area contributed by atoms with E-state index in [9.17, 15) is 18.4 Å². The van der Waals surface area contributed by atoms with Crippen LogP contribution in [0.5, 0.6) is 0 Å². The van der Waals surface area contributed by atoms with Gasteiger partial charge in [-0.05, 0) is 12.1 Å². The molecule has 1 aromatic carbocycles. The number of aromatic nitrogens is 3. The van der Waals surface area contributed by atoms with Gasteiger partial charge in [0.2, 0.25) is 5.82 Å². The maximum atomic E-state index is 12.8.